The number of halogens is 1. The summed E-state index contributed by atoms with van der Waals surface area (Å²) in [5, 5.41) is 4.08. The van der Waals surface area contributed by atoms with Gasteiger partial charge >= 0.3 is 0 Å². The second-order valence-electron chi connectivity index (χ2n) is 4.33. The zero-order valence-corrected chi connectivity index (χ0v) is 11.8. The second kappa shape index (κ2) is 5.89. The second-order valence-corrected chi connectivity index (χ2v) is 4.73. The molecule has 1 unspecified atom stereocenters. The third kappa shape index (κ3) is 2.96. The van der Waals surface area contributed by atoms with Crippen molar-refractivity contribution in [2.45, 2.75) is 26.3 Å². The summed E-state index contributed by atoms with van der Waals surface area (Å²) in [5.41, 5.74) is 7.82. The van der Waals surface area contributed by atoms with Gasteiger partial charge in [0.2, 0.25) is 0 Å². The number of rotatable bonds is 4. The Bertz CT molecular complexity index is 571. The van der Waals surface area contributed by atoms with Crippen LogP contribution in [0.1, 0.15) is 31.0 Å². The number of anilines is 2. The topological polar surface area (TPSA) is 63.8 Å². The van der Waals surface area contributed by atoms with E-state index >= 15 is 0 Å². The quantitative estimate of drug-likeness (QED) is 0.898. The van der Waals surface area contributed by atoms with Gasteiger partial charge in [-0.25, -0.2) is 9.97 Å². The average Bonchev–Trinajstić information content (AvgIpc) is 2.39. The van der Waals surface area contributed by atoms with Gasteiger partial charge in [0.15, 0.2) is 0 Å². The van der Waals surface area contributed by atoms with Crippen LogP contribution < -0.4 is 11.1 Å². The number of nitrogens with two attached hydrogens (primary N) is 1. The van der Waals surface area contributed by atoms with E-state index in [1.165, 1.54) is 6.33 Å². The van der Waals surface area contributed by atoms with E-state index < -0.39 is 0 Å². The number of nitrogen functional groups attached to an aromatic ring is 1. The Morgan fingerprint density at radius 2 is 2.05 bits per heavy atom. The van der Waals surface area contributed by atoms with Crippen molar-refractivity contribution in [3.63, 3.8) is 0 Å². The van der Waals surface area contributed by atoms with Crippen molar-refractivity contribution in [1.29, 1.82) is 0 Å². The van der Waals surface area contributed by atoms with E-state index in [1.807, 2.05) is 38.1 Å². The van der Waals surface area contributed by atoms with Crippen LogP contribution in [0.25, 0.3) is 0 Å². The summed E-state index contributed by atoms with van der Waals surface area (Å²) in [4.78, 5) is 8.27. The summed E-state index contributed by atoms with van der Waals surface area (Å²) in [6.45, 7) is 4.07. The van der Waals surface area contributed by atoms with Gasteiger partial charge in [0, 0.05) is 10.6 Å². The molecule has 3 N–H and O–H groups in total. The van der Waals surface area contributed by atoms with Crippen LogP contribution in [0.2, 0.25) is 5.02 Å². The summed E-state index contributed by atoms with van der Waals surface area (Å²) in [6.07, 6.45) is 2.25. The Kier molecular flexibility index (Phi) is 4.22. The van der Waals surface area contributed by atoms with Crippen molar-refractivity contribution in [3.8, 4) is 0 Å². The van der Waals surface area contributed by atoms with Crippen molar-refractivity contribution in [3.05, 3.63) is 46.7 Å². The van der Waals surface area contributed by atoms with E-state index in [2.05, 4.69) is 15.3 Å². The molecule has 5 heteroatoms. The molecule has 0 fully saturated rings. The van der Waals surface area contributed by atoms with E-state index in [0.29, 0.717) is 5.82 Å². The Morgan fingerprint density at radius 3 is 2.74 bits per heavy atom. The minimum Gasteiger partial charge on any atom is -0.383 e. The lowest BCUT2D eigenvalue weighted by Gasteiger charge is -2.18. The Labute approximate surface area is 118 Å². The first-order valence-corrected chi connectivity index (χ1v) is 6.61. The molecule has 0 saturated heterocycles. The highest BCUT2D eigenvalue weighted by Gasteiger charge is 2.13. The standard InChI is InChI=1S/C14H17ClN4/c1-3-10-13(16)17-8-18-14(10)19-9(2)11-6-4-5-7-12(11)15/h4-9H,3H2,1-2H3,(H3,16,17,18,19). The first-order valence-electron chi connectivity index (χ1n) is 6.23. The molecule has 0 radical (unpaired) electrons. The molecule has 1 atom stereocenters. The lowest BCUT2D eigenvalue weighted by molar-refractivity contribution is 0.864. The molecule has 0 aliphatic carbocycles. The lowest BCUT2D eigenvalue weighted by Crippen LogP contribution is -2.12. The van der Waals surface area contributed by atoms with Crippen LogP contribution in [0, 0.1) is 0 Å². The van der Waals surface area contributed by atoms with Gasteiger partial charge in [-0.15, -0.1) is 0 Å². The molecule has 2 aromatic rings. The molecule has 1 heterocycles. The predicted octanol–water partition coefficient (Wildman–Crippen LogP) is 3.45. The van der Waals surface area contributed by atoms with E-state index in [1.54, 1.807) is 0 Å². The molecular weight excluding hydrogens is 260 g/mol. The summed E-state index contributed by atoms with van der Waals surface area (Å²) in [6, 6.07) is 7.81. The predicted molar refractivity (Wildman–Crippen MR) is 79.3 cm³/mol. The van der Waals surface area contributed by atoms with Crippen LogP contribution in [0.15, 0.2) is 30.6 Å². The van der Waals surface area contributed by atoms with Crippen LogP contribution >= 0.6 is 11.6 Å². The zero-order chi connectivity index (χ0) is 13.8. The maximum Gasteiger partial charge on any atom is 0.135 e. The van der Waals surface area contributed by atoms with E-state index in [0.717, 1.165) is 28.4 Å². The molecule has 0 aliphatic heterocycles. The number of hydrogen-bond acceptors (Lipinski definition) is 4. The van der Waals surface area contributed by atoms with Gasteiger partial charge in [-0.05, 0) is 25.0 Å². The first-order chi connectivity index (χ1) is 9.13. The highest BCUT2D eigenvalue weighted by Crippen LogP contribution is 2.27. The van der Waals surface area contributed by atoms with Gasteiger partial charge in [0.1, 0.15) is 18.0 Å². The smallest absolute Gasteiger partial charge is 0.135 e. The fourth-order valence-corrected chi connectivity index (χ4v) is 2.31. The molecule has 1 aromatic carbocycles. The Balaban J connectivity index is 2.27. The van der Waals surface area contributed by atoms with Crippen molar-refractivity contribution < 1.29 is 0 Å². The van der Waals surface area contributed by atoms with Crippen LogP contribution in [-0.2, 0) is 6.42 Å². The fraction of sp³-hybridized carbons (Fsp3) is 0.286. The number of nitrogens with one attached hydrogen (secondary N) is 1. The summed E-state index contributed by atoms with van der Waals surface area (Å²) in [7, 11) is 0. The molecule has 0 spiro atoms. The lowest BCUT2D eigenvalue weighted by atomic mass is 10.1. The van der Waals surface area contributed by atoms with Crippen LogP contribution in [0.5, 0.6) is 0 Å². The molecule has 4 nitrogen and oxygen atoms in total. The van der Waals surface area contributed by atoms with Gasteiger partial charge in [-0.3, -0.25) is 0 Å². The van der Waals surface area contributed by atoms with Gasteiger partial charge in [-0.2, -0.15) is 0 Å². The minimum atomic E-state index is 0.0494. The van der Waals surface area contributed by atoms with E-state index in [4.69, 9.17) is 17.3 Å². The normalized spacial score (nSPS) is 12.2. The molecule has 0 aliphatic rings. The van der Waals surface area contributed by atoms with Crippen molar-refractivity contribution in [2.75, 3.05) is 11.1 Å². The Morgan fingerprint density at radius 1 is 1.32 bits per heavy atom. The molecule has 0 saturated carbocycles. The minimum absolute atomic E-state index is 0.0494. The van der Waals surface area contributed by atoms with E-state index in [-0.39, 0.29) is 6.04 Å². The van der Waals surface area contributed by atoms with Crippen LogP contribution in [0.4, 0.5) is 11.6 Å². The number of hydrogen-bond donors (Lipinski definition) is 2. The molecular formula is C14H17ClN4. The zero-order valence-electron chi connectivity index (χ0n) is 11.0. The Hall–Kier alpha value is -1.81. The SMILES string of the molecule is CCc1c(N)ncnc1NC(C)c1ccccc1Cl. The van der Waals surface area contributed by atoms with Crippen molar-refractivity contribution >= 4 is 23.2 Å². The monoisotopic (exact) mass is 276 g/mol. The molecule has 0 amide bonds. The summed E-state index contributed by atoms with van der Waals surface area (Å²) in [5.74, 6) is 1.29. The molecule has 0 bridgehead atoms. The van der Waals surface area contributed by atoms with Crippen LogP contribution in [-0.4, -0.2) is 9.97 Å². The summed E-state index contributed by atoms with van der Waals surface area (Å²) >= 11 is 6.19. The first kappa shape index (κ1) is 13.6. The van der Waals surface area contributed by atoms with Gasteiger partial charge in [0.05, 0.1) is 6.04 Å². The van der Waals surface area contributed by atoms with Gasteiger partial charge in [-0.1, -0.05) is 36.7 Å². The fourth-order valence-electron chi connectivity index (χ4n) is 2.01. The van der Waals surface area contributed by atoms with Gasteiger partial charge in [0.25, 0.3) is 0 Å². The number of nitrogens with zero attached hydrogens (tertiary/aromatic N) is 2. The molecule has 100 valence electrons. The maximum absolute atomic E-state index is 6.19. The van der Waals surface area contributed by atoms with Crippen molar-refractivity contribution in [2.24, 2.45) is 0 Å². The average molecular weight is 277 g/mol. The molecule has 2 rings (SSSR count). The largest absolute Gasteiger partial charge is 0.383 e. The summed E-state index contributed by atoms with van der Waals surface area (Å²) < 4.78 is 0. The highest BCUT2D eigenvalue weighted by molar-refractivity contribution is 6.31. The van der Waals surface area contributed by atoms with Crippen LogP contribution in [0.3, 0.4) is 0 Å². The van der Waals surface area contributed by atoms with Gasteiger partial charge < -0.3 is 11.1 Å². The molecule has 1 aromatic heterocycles. The number of benzene rings is 1. The third-order valence-electron chi connectivity index (χ3n) is 3.06. The highest BCUT2D eigenvalue weighted by atomic mass is 35.5. The van der Waals surface area contributed by atoms with Crippen molar-refractivity contribution in [1.82, 2.24) is 9.97 Å². The molecule has 19 heavy (non-hydrogen) atoms. The van der Waals surface area contributed by atoms with E-state index in [9.17, 15) is 0 Å². The number of aromatic nitrogens is 2. The third-order valence-corrected chi connectivity index (χ3v) is 3.40. The maximum atomic E-state index is 6.19.